The van der Waals surface area contributed by atoms with Crippen LogP contribution in [0.4, 0.5) is 0 Å². The molecule has 0 aliphatic heterocycles. The zero-order valence-corrected chi connectivity index (χ0v) is 16.7. The number of hydrogen-bond acceptors (Lipinski definition) is 4. The van der Waals surface area contributed by atoms with Crippen LogP contribution in [-0.4, -0.2) is 6.61 Å². The third kappa shape index (κ3) is 3.86. The van der Waals surface area contributed by atoms with Crippen LogP contribution >= 0.6 is 20.7 Å². The molecule has 0 fully saturated rings. The molecule has 0 saturated carbocycles. The van der Waals surface area contributed by atoms with Crippen LogP contribution in [0, 0.1) is 0 Å². The molecule has 0 aliphatic rings. The van der Waals surface area contributed by atoms with Gasteiger partial charge in [0.2, 0.25) is 0 Å². The van der Waals surface area contributed by atoms with E-state index in [4.69, 9.17) is 4.74 Å². The molecule has 0 unspecified atom stereocenters. The van der Waals surface area contributed by atoms with Crippen LogP contribution in [0.5, 0.6) is 5.75 Å². The summed E-state index contributed by atoms with van der Waals surface area (Å²) in [5.74, 6) is 0.975. The van der Waals surface area contributed by atoms with Crippen LogP contribution in [0.2, 0.25) is 0 Å². The first-order valence-electron chi connectivity index (χ1n) is 7.95. The molecule has 0 aliphatic carbocycles. The molecule has 0 amide bonds. The fraction of sp³-hybridized carbons (Fsp3) is 0.526. The second-order valence-corrected chi connectivity index (χ2v) is 9.88. The second-order valence-electron chi connectivity index (χ2n) is 7.83. The Morgan fingerprint density at radius 1 is 1.00 bits per heavy atom. The maximum Gasteiger partial charge on any atom is 0.250 e. The molecular weight excluding hydrogens is 324 g/mol. The summed E-state index contributed by atoms with van der Waals surface area (Å²) in [4.78, 5) is 12.1. The Hall–Kier alpha value is -1.13. The van der Waals surface area contributed by atoms with Crippen molar-refractivity contribution < 1.29 is 4.74 Å². The first-order chi connectivity index (χ1) is 10.6. The van der Waals surface area contributed by atoms with Crippen molar-refractivity contribution in [1.82, 2.24) is 0 Å². The highest BCUT2D eigenvalue weighted by atomic mass is 32.9. The summed E-state index contributed by atoms with van der Waals surface area (Å²) in [6, 6.07) is 4.27. The third-order valence-electron chi connectivity index (χ3n) is 3.81. The Morgan fingerprint density at radius 2 is 1.52 bits per heavy atom. The van der Waals surface area contributed by atoms with E-state index in [1.165, 1.54) is 20.7 Å². The summed E-state index contributed by atoms with van der Waals surface area (Å²) in [5.41, 5.74) is 4.03. The van der Waals surface area contributed by atoms with E-state index in [-0.39, 0.29) is 15.6 Å². The smallest absolute Gasteiger partial charge is 0.250 e. The molecule has 2 nitrogen and oxygen atoms in total. The van der Waals surface area contributed by atoms with Crippen molar-refractivity contribution in [2.45, 2.75) is 59.3 Å². The fourth-order valence-corrected chi connectivity index (χ4v) is 4.37. The average Bonchev–Trinajstić information content (AvgIpc) is 2.83. The molecule has 1 aromatic heterocycles. The standard InChI is InChI=1S/C19H26O2S2/c1-8-21-16-14(18(2,3)4)9-12(10-15(16)19(5,6)7)13-11-22-23-17(13)20/h9-11H,8H2,1-7H3. The maximum absolute atomic E-state index is 12.1. The van der Waals surface area contributed by atoms with E-state index in [2.05, 4.69) is 53.7 Å². The first-order valence-corrected chi connectivity index (χ1v) is 10.2. The van der Waals surface area contributed by atoms with E-state index in [9.17, 15) is 4.79 Å². The van der Waals surface area contributed by atoms with Crippen molar-refractivity contribution >= 4 is 20.7 Å². The molecule has 0 radical (unpaired) electrons. The largest absolute Gasteiger partial charge is 0.493 e. The maximum atomic E-state index is 12.1. The minimum atomic E-state index is -0.0526. The van der Waals surface area contributed by atoms with Crippen LogP contribution < -0.4 is 9.48 Å². The minimum Gasteiger partial charge on any atom is -0.493 e. The summed E-state index contributed by atoms with van der Waals surface area (Å²) in [5, 5.41) is 1.96. The Bertz CT molecular complexity index is 705. The molecule has 1 aromatic carbocycles. The molecule has 2 aromatic rings. The summed E-state index contributed by atoms with van der Waals surface area (Å²) < 4.78 is 6.19. The number of hydrogen-bond donors (Lipinski definition) is 0. The van der Waals surface area contributed by atoms with Gasteiger partial charge in [-0.2, -0.15) is 0 Å². The molecule has 1 heterocycles. The molecule has 23 heavy (non-hydrogen) atoms. The molecule has 2 rings (SSSR count). The van der Waals surface area contributed by atoms with E-state index in [0.29, 0.717) is 6.61 Å². The fourth-order valence-electron chi connectivity index (χ4n) is 2.59. The summed E-state index contributed by atoms with van der Waals surface area (Å²) in [7, 11) is 2.80. The van der Waals surface area contributed by atoms with Gasteiger partial charge in [-0.25, -0.2) is 0 Å². The molecule has 0 atom stereocenters. The van der Waals surface area contributed by atoms with E-state index in [1.807, 2.05) is 12.3 Å². The molecule has 0 N–H and O–H groups in total. The summed E-state index contributed by atoms with van der Waals surface area (Å²) in [6.07, 6.45) is 0. The van der Waals surface area contributed by atoms with Gasteiger partial charge in [0, 0.05) is 16.5 Å². The van der Waals surface area contributed by atoms with Crippen molar-refractivity contribution in [1.29, 1.82) is 0 Å². The first kappa shape index (κ1) is 18.2. The van der Waals surface area contributed by atoms with Crippen LogP contribution in [0.15, 0.2) is 22.3 Å². The van der Waals surface area contributed by atoms with Crippen LogP contribution in [0.25, 0.3) is 11.1 Å². The predicted octanol–water partition coefficient (Wildman–Crippen LogP) is 5.83. The topological polar surface area (TPSA) is 26.3 Å². The lowest BCUT2D eigenvalue weighted by Gasteiger charge is -2.30. The van der Waals surface area contributed by atoms with E-state index in [0.717, 1.165) is 28.0 Å². The zero-order valence-electron chi connectivity index (χ0n) is 15.1. The normalized spacial score (nSPS) is 12.5. The highest BCUT2D eigenvalue weighted by molar-refractivity contribution is 7.68. The van der Waals surface area contributed by atoms with E-state index in [1.54, 1.807) is 0 Å². The van der Waals surface area contributed by atoms with Gasteiger partial charge in [0.1, 0.15) is 5.75 Å². The third-order valence-corrected chi connectivity index (χ3v) is 5.65. The van der Waals surface area contributed by atoms with Gasteiger partial charge in [0.05, 0.1) is 12.2 Å². The lowest BCUT2D eigenvalue weighted by Crippen LogP contribution is -2.20. The summed E-state index contributed by atoms with van der Waals surface area (Å²) >= 11 is 0. The molecular formula is C19H26O2S2. The Kier molecular flexibility index (Phi) is 5.07. The van der Waals surface area contributed by atoms with Crippen LogP contribution in [0.1, 0.15) is 59.6 Å². The second kappa shape index (κ2) is 6.40. The SMILES string of the molecule is CCOc1c(C(C)(C)C)cc(-c2cssc2=O)cc1C(C)(C)C. The van der Waals surface area contributed by atoms with Crippen LogP contribution in [0.3, 0.4) is 0 Å². The number of benzene rings is 1. The Morgan fingerprint density at radius 3 is 1.87 bits per heavy atom. The zero-order chi connectivity index (χ0) is 17.4. The van der Waals surface area contributed by atoms with Gasteiger partial charge < -0.3 is 4.74 Å². The van der Waals surface area contributed by atoms with Crippen LogP contribution in [-0.2, 0) is 10.8 Å². The average molecular weight is 351 g/mol. The van der Waals surface area contributed by atoms with Gasteiger partial charge in [-0.15, -0.1) is 0 Å². The molecule has 4 heteroatoms. The van der Waals surface area contributed by atoms with E-state index >= 15 is 0 Å². The highest BCUT2D eigenvalue weighted by Gasteiger charge is 2.28. The van der Waals surface area contributed by atoms with Gasteiger partial charge >= 0.3 is 0 Å². The van der Waals surface area contributed by atoms with Crippen molar-refractivity contribution in [2.75, 3.05) is 6.61 Å². The van der Waals surface area contributed by atoms with Crippen molar-refractivity contribution in [2.24, 2.45) is 0 Å². The highest BCUT2D eigenvalue weighted by Crippen LogP contribution is 2.42. The molecule has 0 saturated heterocycles. The van der Waals surface area contributed by atoms with Gasteiger partial charge in [-0.1, -0.05) is 51.9 Å². The predicted molar refractivity (Wildman–Crippen MR) is 102 cm³/mol. The minimum absolute atomic E-state index is 0.0526. The summed E-state index contributed by atoms with van der Waals surface area (Å²) in [6.45, 7) is 15.8. The number of ether oxygens (including phenoxy) is 1. The van der Waals surface area contributed by atoms with Gasteiger partial charge in [-0.3, -0.25) is 4.79 Å². The lowest BCUT2D eigenvalue weighted by atomic mass is 9.78. The molecule has 126 valence electrons. The quantitative estimate of drug-likeness (QED) is 0.651. The van der Waals surface area contributed by atoms with Gasteiger partial charge in [0.15, 0.2) is 0 Å². The Balaban J connectivity index is 2.83. The molecule has 0 bridgehead atoms. The Labute approximate surface area is 146 Å². The number of rotatable bonds is 3. The monoisotopic (exact) mass is 350 g/mol. The van der Waals surface area contributed by atoms with Gasteiger partial charge in [0.25, 0.3) is 4.74 Å². The van der Waals surface area contributed by atoms with Crippen molar-refractivity contribution in [3.05, 3.63) is 38.2 Å². The van der Waals surface area contributed by atoms with Crippen molar-refractivity contribution in [3.8, 4) is 16.9 Å². The van der Waals surface area contributed by atoms with Gasteiger partial charge in [-0.05, 0) is 45.8 Å². The van der Waals surface area contributed by atoms with Crippen molar-refractivity contribution in [3.63, 3.8) is 0 Å². The lowest BCUT2D eigenvalue weighted by molar-refractivity contribution is 0.319. The van der Waals surface area contributed by atoms with E-state index < -0.39 is 0 Å². The molecule has 0 spiro atoms.